The van der Waals surface area contributed by atoms with Gasteiger partial charge in [-0.05, 0) is 50.2 Å². The number of carbonyl (C=O) groups excluding carboxylic acids is 1. The second kappa shape index (κ2) is 12.7. The molecule has 0 aliphatic heterocycles. The molecule has 0 amide bonds. The molecular formula is C17H27Cl2NO2. The average Bonchev–Trinajstić information content (AvgIpc) is 2.50. The second-order valence-electron chi connectivity index (χ2n) is 5.19. The largest absolute Gasteiger partial charge is 0.461 e. The van der Waals surface area contributed by atoms with Crippen molar-refractivity contribution >= 4 is 30.0 Å². The molecule has 0 aliphatic rings. The second-order valence-corrected chi connectivity index (χ2v) is 5.63. The zero-order chi connectivity index (χ0) is 15.5. The van der Waals surface area contributed by atoms with E-state index >= 15 is 0 Å². The molecule has 0 radical (unpaired) electrons. The Bertz CT molecular complexity index is 402. The molecule has 22 heavy (non-hydrogen) atoms. The van der Waals surface area contributed by atoms with Gasteiger partial charge in [0.05, 0.1) is 5.56 Å². The highest BCUT2D eigenvalue weighted by atomic mass is 35.5. The van der Waals surface area contributed by atoms with Crippen LogP contribution in [0.5, 0.6) is 0 Å². The molecule has 0 spiro atoms. The maximum Gasteiger partial charge on any atom is 0.338 e. The third kappa shape index (κ3) is 8.62. The summed E-state index contributed by atoms with van der Waals surface area (Å²) in [5.74, 6) is -0.280. The fourth-order valence-electron chi connectivity index (χ4n) is 2.04. The Morgan fingerprint density at radius 3 is 2.09 bits per heavy atom. The van der Waals surface area contributed by atoms with E-state index in [9.17, 15) is 4.79 Å². The normalized spacial score (nSPS) is 10.4. The van der Waals surface area contributed by atoms with Gasteiger partial charge in [-0.2, -0.15) is 0 Å². The first-order chi connectivity index (χ1) is 10.2. The Balaban J connectivity index is 0.00000441. The minimum Gasteiger partial charge on any atom is -0.461 e. The van der Waals surface area contributed by atoms with Crippen LogP contribution in [0.1, 0.15) is 49.9 Å². The highest BCUT2D eigenvalue weighted by Gasteiger charge is 2.09. The van der Waals surface area contributed by atoms with Crippen LogP contribution in [0.4, 0.5) is 0 Å². The highest BCUT2D eigenvalue weighted by molar-refractivity contribution is 6.30. The van der Waals surface area contributed by atoms with E-state index in [0.717, 1.165) is 19.6 Å². The number of unbranched alkanes of at least 4 members (excludes halogenated alkanes) is 2. The first-order valence-corrected chi connectivity index (χ1v) is 8.20. The Morgan fingerprint density at radius 1 is 1.05 bits per heavy atom. The van der Waals surface area contributed by atoms with Crippen molar-refractivity contribution < 1.29 is 9.53 Å². The number of ether oxygens (including phenoxy) is 1. The lowest BCUT2D eigenvalue weighted by Crippen LogP contribution is -2.30. The Labute approximate surface area is 145 Å². The van der Waals surface area contributed by atoms with Crippen LogP contribution >= 0.6 is 24.0 Å². The van der Waals surface area contributed by atoms with E-state index in [-0.39, 0.29) is 18.4 Å². The maximum atomic E-state index is 11.9. The first-order valence-electron chi connectivity index (χ1n) is 7.82. The van der Waals surface area contributed by atoms with E-state index in [0.29, 0.717) is 17.2 Å². The highest BCUT2D eigenvalue weighted by Crippen LogP contribution is 2.10. The quantitative estimate of drug-likeness (QED) is 0.568. The van der Waals surface area contributed by atoms with Gasteiger partial charge < -0.3 is 4.74 Å². The average molecular weight is 348 g/mol. The van der Waals surface area contributed by atoms with Crippen LogP contribution in [0.25, 0.3) is 0 Å². The molecule has 0 aliphatic carbocycles. The van der Waals surface area contributed by atoms with Crippen molar-refractivity contribution in [3.8, 4) is 0 Å². The van der Waals surface area contributed by atoms with E-state index in [1.54, 1.807) is 24.3 Å². The van der Waals surface area contributed by atoms with Gasteiger partial charge in [0.25, 0.3) is 0 Å². The molecule has 0 N–H and O–H groups in total. The molecule has 0 saturated heterocycles. The van der Waals surface area contributed by atoms with Crippen LogP contribution in [0.15, 0.2) is 24.3 Å². The Kier molecular flexibility index (Phi) is 12.3. The summed E-state index contributed by atoms with van der Waals surface area (Å²) in [6, 6.07) is 6.78. The van der Waals surface area contributed by atoms with Crippen LogP contribution in [-0.4, -0.2) is 37.1 Å². The molecule has 0 bridgehead atoms. The van der Waals surface area contributed by atoms with Crippen LogP contribution in [0.2, 0.25) is 5.02 Å². The molecule has 1 aromatic rings. The van der Waals surface area contributed by atoms with Gasteiger partial charge >= 0.3 is 5.97 Å². The van der Waals surface area contributed by atoms with Gasteiger partial charge in [-0.15, -0.1) is 12.4 Å². The SMILES string of the molecule is CCCCN(CCCC)CCOC(=O)c1ccc(Cl)cc1.Cl. The smallest absolute Gasteiger partial charge is 0.338 e. The van der Waals surface area contributed by atoms with Gasteiger partial charge in [0.15, 0.2) is 0 Å². The van der Waals surface area contributed by atoms with Crippen LogP contribution < -0.4 is 0 Å². The summed E-state index contributed by atoms with van der Waals surface area (Å²) in [6.45, 7) is 7.79. The van der Waals surface area contributed by atoms with Gasteiger partial charge in [0, 0.05) is 11.6 Å². The summed E-state index contributed by atoms with van der Waals surface area (Å²) in [5.41, 5.74) is 0.549. The molecule has 0 atom stereocenters. The summed E-state index contributed by atoms with van der Waals surface area (Å²) >= 11 is 5.80. The number of hydrogen-bond acceptors (Lipinski definition) is 3. The Morgan fingerprint density at radius 2 is 1.59 bits per heavy atom. The number of esters is 1. The number of halogens is 2. The summed E-state index contributed by atoms with van der Waals surface area (Å²) in [6.07, 6.45) is 4.75. The number of benzene rings is 1. The number of rotatable bonds is 10. The summed E-state index contributed by atoms with van der Waals surface area (Å²) in [4.78, 5) is 14.3. The maximum absolute atomic E-state index is 11.9. The molecule has 5 heteroatoms. The zero-order valence-electron chi connectivity index (χ0n) is 13.5. The molecule has 0 aromatic heterocycles. The zero-order valence-corrected chi connectivity index (χ0v) is 15.1. The topological polar surface area (TPSA) is 29.5 Å². The van der Waals surface area contributed by atoms with Crippen molar-refractivity contribution in [1.82, 2.24) is 4.90 Å². The molecule has 0 heterocycles. The van der Waals surface area contributed by atoms with Crippen molar-refractivity contribution in [1.29, 1.82) is 0 Å². The van der Waals surface area contributed by atoms with Crippen molar-refractivity contribution in [2.75, 3.05) is 26.2 Å². The van der Waals surface area contributed by atoms with Gasteiger partial charge in [-0.1, -0.05) is 38.3 Å². The van der Waals surface area contributed by atoms with Crippen LogP contribution in [-0.2, 0) is 4.74 Å². The van der Waals surface area contributed by atoms with Crippen molar-refractivity contribution in [2.45, 2.75) is 39.5 Å². The first kappa shape index (κ1) is 21.2. The minimum absolute atomic E-state index is 0. The van der Waals surface area contributed by atoms with Crippen molar-refractivity contribution in [2.24, 2.45) is 0 Å². The third-order valence-corrected chi connectivity index (χ3v) is 3.63. The van der Waals surface area contributed by atoms with Crippen LogP contribution in [0, 0.1) is 0 Å². The van der Waals surface area contributed by atoms with E-state index in [1.165, 1.54) is 25.7 Å². The van der Waals surface area contributed by atoms with E-state index in [2.05, 4.69) is 18.7 Å². The van der Waals surface area contributed by atoms with E-state index < -0.39 is 0 Å². The fourth-order valence-corrected chi connectivity index (χ4v) is 2.16. The van der Waals surface area contributed by atoms with Crippen molar-refractivity contribution in [3.05, 3.63) is 34.9 Å². The van der Waals surface area contributed by atoms with Gasteiger partial charge in [0.1, 0.15) is 6.61 Å². The lowest BCUT2D eigenvalue weighted by Gasteiger charge is -2.21. The molecule has 0 saturated carbocycles. The molecule has 1 aromatic carbocycles. The third-order valence-electron chi connectivity index (χ3n) is 3.38. The van der Waals surface area contributed by atoms with E-state index in [4.69, 9.17) is 16.3 Å². The van der Waals surface area contributed by atoms with E-state index in [1.807, 2.05) is 0 Å². The number of carbonyl (C=O) groups is 1. The number of hydrogen-bond donors (Lipinski definition) is 0. The molecule has 126 valence electrons. The minimum atomic E-state index is -0.280. The predicted molar refractivity (Wildman–Crippen MR) is 95.2 cm³/mol. The lowest BCUT2D eigenvalue weighted by molar-refractivity contribution is 0.0460. The van der Waals surface area contributed by atoms with Crippen molar-refractivity contribution in [3.63, 3.8) is 0 Å². The summed E-state index contributed by atoms with van der Waals surface area (Å²) in [7, 11) is 0. The molecule has 0 fully saturated rings. The van der Waals surface area contributed by atoms with Gasteiger partial charge in [0.2, 0.25) is 0 Å². The lowest BCUT2D eigenvalue weighted by atomic mass is 10.2. The van der Waals surface area contributed by atoms with Crippen LogP contribution in [0.3, 0.4) is 0 Å². The fraction of sp³-hybridized carbons (Fsp3) is 0.588. The molecule has 0 unspecified atom stereocenters. The number of nitrogens with zero attached hydrogens (tertiary/aromatic N) is 1. The summed E-state index contributed by atoms with van der Waals surface area (Å²) in [5, 5.41) is 0.622. The van der Waals surface area contributed by atoms with Gasteiger partial charge in [-0.25, -0.2) is 4.79 Å². The standard InChI is InChI=1S/C17H26ClNO2.ClH/c1-3-5-11-19(12-6-4-2)13-14-21-17(20)15-7-9-16(18)10-8-15;/h7-10H,3-6,11-14H2,1-2H3;1H. The predicted octanol–water partition coefficient (Wildman–Crippen LogP) is 4.82. The Hall–Kier alpha value is -0.770. The van der Waals surface area contributed by atoms with Gasteiger partial charge in [-0.3, -0.25) is 4.90 Å². The monoisotopic (exact) mass is 347 g/mol. The molecule has 3 nitrogen and oxygen atoms in total. The summed E-state index contributed by atoms with van der Waals surface area (Å²) < 4.78 is 5.33. The molecule has 1 rings (SSSR count). The molecular weight excluding hydrogens is 321 g/mol.